The maximum Gasteiger partial charge on any atom is 0.246 e. The zero-order valence-electron chi connectivity index (χ0n) is 11.5. The van der Waals surface area contributed by atoms with Crippen LogP contribution in [-0.4, -0.2) is 20.4 Å². The van der Waals surface area contributed by atoms with Crippen molar-refractivity contribution in [3.8, 4) is 6.07 Å². The van der Waals surface area contributed by atoms with Crippen molar-refractivity contribution >= 4 is 22.9 Å². The minimum atomic E-state index is -0.847. The van der Waals surface area contributed by atoms with Crippen LogP contribution in [-0.2, 0) is 4.79 Å². The Hall–Kier alpha value is -3.20. The zero-order chi connectivity index (χ0) is 15.1. The number of carbonyl (C=O) groups is 1. The summed E-state index contributed by atoms with van der Waals surface area (Å²) in [5.74, 6) is -0.741. The summed E-state index contributed by atoms with van der Waals surface area (Å²) in [7, 11) is 0. The topological polar surface area (TPSA) is 83.6 Å². The molecule has 0 radical (unpaired) electrons. The van der Waals surface area contributed by atoms with Crippen molar-refractivity contribution < 1.29 is 4.79 Å². The Morgan fingerprint density at radius 2 is 2.00 bits per heavy atom. The number of nitriles is 1. The smallest absolute Gasteiger partial charge is 0.246 e. The Labute approximate surface area is 126 Å². The van der Waals surface area contributed by atoms with Crippen molar-refractivity contribution in [2.75, 3.05) is 5.32 Å². The average Bonchev–Trinajstić information content (AvgIpc) is 2.92. The standard InChI is InChI=1S/C16H11N5O/c17-9-10-14(12-6-3-4-8-18-12)21-13-7-2-1-5-11(13)19-16(21)20-15(10)22/h1-8,10,14H,(H,19,20,22)/t10-,14-/m0/s1. The second kappa shape index (κ2) is 4.67. The predicted octanol–water partition coefficient (Wildman–Crippen LogP) is 2.11. The van der Waals surface area contributed by atoms with Gasteiger partial charge in [-0.1, -0.05) is 18.2 Å². The van der Waals surface area contributed by atoms with Crippen LogP contribution in [0.4, 0.5) is 5.95 Å². The van der Waals surface area contributed by atoms with E-state index in [0.717, 1.165) is 11.0 Å². The van der Waals surface area contributed by atoms with Crippen LogP contribution in [0.1, 0.15) is 11.7 Å². The first-order chi connectivity index (χ1) is 10.8. The number of imidazole rings is 1. The molecule has 0 bridgehead atoms. The Bertz CT molecular complexity index is 909. The van der Waals surface area contributed by atoms with Crippen molar-refractivity contribution in [1.29, 1.82) is 5.26 Å². The fourth-order valence-electron chi connectivity index (χ4n) is 2.88. The first-order valence-corrected chi connectivity index (χ1v) is 6.88. The SMILES string of the molecule is N#C[C@@H]1C(=O)Nc2nc3ccccc3n2[C@@H]1c1ccccn1. The molecule has 1 aliphatic rings. The van der Waals surface area contributed by atoms with E-state index < -0.39 is 12.0 Å². The molecule has 3 aromatic rings. The highest BCUT2D eigenvalue weighted by atomic mass is 16.2. The van der Waals surface area contributed by atoms with E-state index in [9.17, 15) is 10.1 Å². The van der Waals surface area contributed by atoms with Gasteiger partial charge in [0.1, 0.15) is 6.04 Å². The molecule has 3 heterocycles. The molecule has 2 atom stereocenters. The van der Waals surface area contributed by atoms with Crippen LogP contribution >= 0.6 is 0 Å². The molecular formula is C16H11N5O. The Morgan fingerprint density at radius 1 is 1.18 bits per heavy atom. The molecule has 0 unspecified atom stereocenters. The van der Waals surface area contributed by atoms with Crippen LogP contribution in [0.2, 0.25) is 0 Å². The van der Waals surface area contributed by atoms with Gasteiger partial charge >= 0.3 is 0 Å². The number of hydrogen-bond acceptors (Lipinski definition) is 4. The molecule has 1 N–H and O–H groups in total. The third-order valence-electron chi connectivity index (χ3n) is 3.84. The number of amides is 1. The number of nitrogens with zero attached hydrogens (tertiary/aromatic N) is 4. The number of fused-ring (bicyclic) bond motifs is 3. The fourth-order valence-corrected chi connectivity index (χ4v) is 2.88. The first kappa shape index (κ1) is 12.5. The molecule has 1 amide bonds. The largest absolute Gasteiger partial charge is 0.299 e. The number of pyridine rings is 1. The van der Waals surface area contributed by atoms with Crippen molar-refractivity contribution in [1.82, 2.24) is 14.5 Å². The number of anilines is 1. The van der Waals surface area contributed by atoms with Gasteiger partial charge in [0.2, 0.25) is 11.9 Å². The number of rotatable bonds is 1. The van der Waals surface area contributed by atoms with Gasteiger partial charge < -0.3 is 0 Å². The highest BCUT2D eigenvalue weighted by Gasteiger charge is 2.39. The lowest BCUT2D eigenvalue weighted by Crippen LogP contribution is -2.37. The molecule has 6 heteroatoms. The lowest BCUT2D eigenvalue weighted by molar-refractivity contribution is -0.119. The number of benzene rings is 1. The van der Waals surface area contributed by atoms with Gasteiger partial charge in [0.25, 0.3) is 0 Å². The van der Waals surface area contributed by atoms with E-state index in [0.29, 0.717) is 11.6 Å². The quantitative estimate of drug-likeness (QED) is 0.743. The Balaban J connectivity index is 2.03. The summed E-state index contributed by atoms with van der Waals surface area (Å²) in [6.45, 7) is 0. The van der Waals surface area contributed by atoms with Gasteiger partial charge in [0.15, 0.2) is 5.92 Å². The first-order valence-electron chi connectivity index (χ1n) is 6.88. The second-order valence-corrected chi connectivity index (χ2v) is 5.09. The molecule has 1 aliphatic heterocycles. The maximum absolute atomic E-state index is 12.2. The zero-order valence-corrected chi connectivity index (χ0v) is 11.5. The van der Waals surface area contributed by atoms with Gasteiger partial charge in [0, 0.05) is 6.20 Å². The van der Waals surface area contributed by atoms with E-state index in [4.69, 9.17) is 0 Å². The predicted molar refractivity (Wildman–Crippen MR) is 79.8 cm³/mol. The molecular weight excluding hydrogens is 278 g/mol. The van der Waals surface area contributed by atoms with Crippen LogP contribution in [0.25, 0.3) is 11.0 Å². The normalized spacial score (nSPS) is 20.2. The monoisotopic (exact) mass is 289 g/mol. The molecule has 0 spiro atoms. The van der Waals surface area contributed by atoms with Gasteiger partial charge in [0.05, 0.1) is 22.8 Å². The second-order valence-electron chi connectivity index (χ2n) is 5.09. The van der Waals surface area contributed by atoms with Crippen molar-refractivity contribution in [2.45, 2.75) is 6.04 Å². The van der Waals surface area contributed by atoms with Crippen LogP contribution in [0.5, 0.6) is 0 Å². The summed E-state index contributed by atoms with van der Waals surface area (Å²) in [5, 5.41) is 12.2. The Kier molecular flexibility index (Phi) is 2.66. The van der Waals surface area contributed by atoms with E-state index in [1.165, 1.54) is 0 Å². The minimum absolute atomic E-state index is 0.346. The lowest BCUT2D eigenvalue weighted by atomic mass is 9.94. The summed E-state index contributed by atoms with van der Waals surface area (Å²) < 4.78 is 1.88. The summed E-state index contributed by atoms with van der Waals surface area (Å²) in [6.07, 6.45) is 1.66. The van der Waals surface area contributed by atoms with Crippen molar-refractivity contribution in [3.63, 3.8) is 0 Å². The summed E-state index contributed by atoms with van der Waals surface area (Å²) in [5.41, 5.74) is 2.32. The number of hydrogen-bond donors (Lipinski definition) is 1. The van der Waals surface area contributed by atoms with Crippen LogP contribution in [0.15, 0.2) is 48.7 Å². The van der Waals surface area contributed by atoms with Gasteiger partial charge in [-0.05, 0) is 24.3 Å². The molecule has 1 aromatic carbocycles. The fraction of sp³-hybridized carbons (Fsp3) is 0.125. The van der Waals surface area contributed by atoms with E-state index in [-0.39, 0.29) is 5.91 Å². The summed E-state index contributed by atoms with van der Waals surface area (Å²) in [6, 6.07) is 14.7. The number of carbonyl (C=O) groups excluding carboxylic acids is 1. The molecule has 4 rings (SSSR count). The van der Waals surface area contributed by atoms with Gasteiger partial charge in [-0.15, -0.1) is 0 Å². The van der Waals surface area contributed by atoms with Gasteiger partial charge in [-0.25, -0.2) is 4.98 Å². The van der Waals surface area contributed by atoms with E-state index in [2.05, 4.69) is 21.4 Å². The molecule has 0 saturated carbocycles. The van der Waals surface area contributed by atoms with E-state index >= 15 is 0 Å². The van der Waals surface area contributed by atoms with Gasteiger partial charge in [-0.2, -0.15) is 5.26 Å². The summed E-state index contributed by atoms with van der Waals surface area (Å²) >= 11 is 0. The highest BCUT2D eigenvalue weighted by Crippen LogP contribution is 2.36. The molecule has 0 fully saturated rings. The average molecular weight is 289 g/mol. The number of para-hydroxylation sites is 2. The van der Waals surface area contributed by atoms with E-state index in [1.54, 1.807) is 12.3 Å². The Morgan fingerprint density at radius 3 is 2.77 bits per heavy atom. The molecule has 0 saturated heterocycles. The maximum atomic E-state index is 12.2. The third-order valence-corrected chi connectivity index (χ3v) is 3.84. The van der Waals surface area contributed by atoms with Crippen molar-refractivity contribution in [3.05, 3.63) is 54.4 Å². The summed E-state index contributed by atoms with van der Waals surface area (Å²) in [4.78, 5) is 21.0. The molecule has 6 nitrogen and oxygen atoms in total. The van der Waals surface area contributed by atoms with Crippen LogP contribution in [0.3, 0.4) is 0 Å². The van der Waals surface area contributed by atoms with Crippen molar-refractivity contribution in [2.24, 2.45) is 5.92 Å². The van der Waals surface area contributed by atoms with E-state index in [1.807, 2.05) is 41.0 Å². The molecule has 0 aliphatic carbocycles. The minimum Gasteiger partial charge on any atom is -0.299 e. The van der Waals surface area contributed by atoms with Crippen LogP contribution in [0, 0.1) is 17.2 Å². The van der Waals surface area contributed by atoms with Crippen LogP contribution < -0.4 is 5.32 Å². The van der Waals surface area contributed by atoms with Gasteiger partial charge in [-0.3, -0.25) is 19.7 Å². The molecule has 22 heavy (non-hydrogen) atoms. The molecule has 2 aromatic heterocycles. The third kappa shape index (κ3) is 1.69. The highest BCUT2D eigenvalue weighted by molar-refractivity contribution is 5.97. The molecule has 106 valence electrons. The number of nitrogens with one attached hydrogen (secondary N) is 1. The number of aromatic nitrogens is 3. The lowest BCUT2D eigenvalue weighted by Gasteiger charge is -2.29.